The van der Waals surface area contributed by atoms with Crippen LogP contribution >= 0.6 is 0 Å². The maximum absolute atomic E-state index is 12.8. The number of halogens is 2. The zero-order chi connectivity index (χ0) is 21.3. The van der Waals surface area contributed by atoms with Crippen LogP contribution in [-0.4, -0.2) is 39.7 Å². The second-order valence-electron chi connectivity index (χ2n) is 7.69. The van der Waals surface area contributed by atoms with Gasteiger partial charge < -0.3 is 15.0 Å². The van der Waals surface area contributed by atoms with E-state index in [1.165, 1.54) is 12.4 Å². The normalized spacial score (nSPS) is 15.5. The van der Waals surface area contributed by atoms with E-state index in [1.54, 1.807) is 24.0 Å². The molecule has 0 spiro atoms. The summed E-state index contributed by atoms with van der Waals surface area (Å²) in [6.45, 7) is 1.61. The molecule has 30 heavy (non-hydrogen) atoms. The molecule has 1 fully saturated rings. The van der Waals surface area contributed by atoms with Gasteiger partial charge in [0.15, 0.2) is 0 Å². The van der Waals surface area contributed by atoms with Crippen molar-refractivity contribution in [2.45, 2.75) is 45.7 Å². The molecule has 0 atom stereocenters. The Morgan fingerprint density at radius 3 is 2.87 bits per heavy atom. The summed E-state index contributed by atoms with van der Waals surface area (Å²) in [5.74, 6) is 0.930. The third kappa shape index (κ3) is 4.55. The fourth-order valence-corrected chi connectivity index (χ4v) is 3.48. The van der Waals surface area contributed by atoms with Crippen LogP contribution in [0.4, 0.5) is 14.6 Å². The SMILES string of the molecule is Cc1cc(CN2Cc3c(ccnc3NC(=O)CC3CC3)C2=O)ncc1OCC(F)F. The number of nitrogens with one attached hydrogen (secondary N) is 1. The van der Waals surface area contributed by atoms with Gasteiger partial charge in [0.1, 0.15) is 18.2 Å². The van der Waals surface area contributed by atoms with Crippen LogP contribution in [0.15, 0.2) is 24.5 Å². The molecule has 0 unspecified atom stereocenters. The number of alkyl halides is 2. The average Bonchev–Trinajstić information content (AvgIpc) is 3.45. The number of amides is 2. The van der Waals surface area contributed by atoms with Gasteiger partial charge in [-0.3, -0.25) is 14.6 Å². The molecule has 0 aromatic carbocycles. The molecule has 9 heteroatoms. The van der Waals surface area contributed by atoms with Gasteiger partial charge in [0.25, 0.3) is 12.3 Å². The van der Waals surface area contributed by atoms with Crippen molar-refractivity contribution in [3.8, 4) is 5.75 Å². The van der Waals surface area contributed by atoms with Crippen molar-refractivity contribution in [2.75, 3.05) is 11.9 Å². The van der Waals surface area contributed by atoms with Crippen LogP contribution in [0.5, 0.6) is 5.75 Å². The lowest BCUT2D eigenvalue weighted by atomic mass is 10.1. The van der Waals surface area contributed by atoms with Gasteiger partial charge in [-0.2, -0.15) is 0 Å². The van der Waals surface area contributed by atoms with Crippen LogP contribution in [0.1, 0.15) is 46.4 Å². The summed E-state index contributed by atoms with van der Waals surface area (Å²) in [4.78, 5) is 35.1. The summed E-state index contributed by atoms with van der Waals surface area (Å²) in [7, 11) is 0. The van der Waals surface area contributed by atoms with Crippen LogP contribution in [0.3, 0.4) is 0 Å². The first-order valence-electron chi connectivity index (χ1n) is 9.84. The minimum Gasteiger partial charge on any atom is -0.486 e. The summed E-state index contributed by atoms with van der Waals surface area (Å²) in [6, 6.07) is 3.36. The maximum atomic E-state index is 12.8. The van der Waals surface area contributed by atoms with E-state index in [-0.39, 0.29) is 18.4 Å². The Labute approximate surface area is 172 Å². The van der Waals surface area contributed by atoms with Crippen molar-refractivity contribution in [1.82, 2.24) is 14.9 Å². The Balaban J connectivity index is 1.44. The van der Waals surface area contributed by atoms with Crippen molar-refractivity contribution < 1.29 is 23.1 Å². The predicted octanol–water partition coefficient (Wildman–Crippen LogP) is 3.32. The lowest BCUT2D eigenvalue weighted by Crippen LogP contribution is -2.24. The molecule has 0 saturated heterocycles. The number of ether oxygens (including phenoxy) is 1. The summed E-state index contributed by atoms with van der Waals surface area (Å²) < 4.78 is 29.7. The second-order valence-corrected chi connectivity index (χ2v) is 7.69. The highest BCUT2D eigenvalue weighted by molar-refractivity contribution is 6.01. The summed E-state index contributed by atoms with van der Waals surface area (Å²) in [5.41, 5.74) is 2.49. The summed E-state index contributed by atoms with van der Waals surface area (Å²) in [6.07, 6.45) is 3.00. The van der Waals surface area contributed by atoms with E-state index in [0.29, 0.717) is 52.8 Å². The molecule has 0 bridgehead atoms. The van der Waals surface area contributed by atoms with Crippen LogP contribution in [0.25, 0.3) is 0 Å². The standard InChI is InChI=1S/C21H22F2N4O3/c1-12-6-14(25-8-17(12)30-11-18(22)23)9-27-10-16-15(21(27)29)4-5-24-20(16)26-19(28)7-13-2-3-13/h4-6,8,13,18H,2-3,7,9-11H2,1H3,(H,24,26,28). The van der Waals surface area contributed by atoms with E-state index < -0.39 is 13.0 Å². The highest BCUT2D eigenvalue weighted by Gasteiger charge is 2.31. The van der Waals surface area contributed by atoms with Gasteiger partial charge in [-0.1, -0.05) is 0 Å². The van der Waals surface area contributed by atoms with Crippen molar-refractivity contribution in [2.24, 2.45) is 5.92 Å². The van der Waals surface area contributed by atoms with Crippen molar-refractivity contribution >= 4 is 17.6 Å². The van der Waals surface area contributed by atoms with E-state index in [9.17, 15) is 18.4 Å². The highest BCUT2D eigenvalue weighted by atomic mass is 19.3. The molecule has 2 aromatic rings. The molecule has 0 radical (unpaired) electrons. The third-order valence-electron chi connectivity index (χ3n) is 5.19. The number of hydrogen-bond acceptors (Lipinski definition) is 5. The van der Waals surface area contributed by atoms with Crippen LogP contribution in [0.2, 0.25) is 0 Å². The minimum absolute atomic E-state index is 0.0824. The number of anilines is 1. The van der Waals surface area contributed by atoms with E-state index in [0.717, 1.165) is 12.8 Å². The molecule has 158 valence electrons. The van der Waals surface area contributed by atoms with Gasteiger partial charge in [0.05, 0.1) is 25.0 Å². The van der Waals surface area contributed by atoms with Crippen molar-refractivity contribution in [3.05, 3.63) is 46.9 Å². The zero-order valence-corrected chi connectivity index (χ0v) is 16.5. The van der Waals surface area contributed by atoms with Gasteiger partial charge in [0, 0.05) is 23.7 Å². The van der Waals surface area contributed by atoms with Gasteiger partial charge in [0.2, 0.25) is 5.91 Å². The lowest BCUT2D eigenvalue weighted by Gasteiger charge is -2.16. The van der Waals surface area contributed by atoms with E-state index >= 15 is 0 Å². The fraction of sp³-hybridized carbons (Fsp3) is 0.429. The largest absolute Gasteiger partial charge is 0.486 e. The zero-order valence-electron chi connectivity index (χ0n) is 16.5. The molecule has 1 saturated carbocycles. The van der Waals surface area contributed by atoms with E-state index in [1.807, 2.05) is 0 Å². The number of pyridine rings is 2. The number of nitrogens with zero attached hydrogens (tertiary/aromatic N) is 3. The van der Waals surface area contributed by atoms with Crippen molar-refractivity contribution in [3.63, 3.8) is 0 Å². The van der Waals surface area contributed by atoms with Crippen LogP contribution in [-0.2, 0) is 17.9 Å². The van der Waals surface area contributed by atoms with Gasteiger partial charge in [-0.25, -0.2) is 13.8 Å². The third-order valence-corrected chi connectivity index (χ3v) is 5.19. The molecule has 2 aromatic heterocycles. The van der Waals surface area contributed by atoms with Crippen molar-refractivity contribution in [1.29, 1.82) is 0 Å². The Kier molecular flexibility index (Phi) is 5.61. The molecule has 1 N–H and O–H groups in total. The van der Waals surface area contributed by atoms with Crippen LogP contribution < -0.4 is 10.1 Å². The number of rotatable bonds is 8. The first-order chi connectivity index (χ1) is 14.4. The summed E-state index contributed by atoms with van der Waals surface area (Å²) >= 11 is 0. The van der Waals surface area contributed by atoms with Gasteiger partial charge in [-0.05, 0) is 43.4 Å². The number of carbonyl (C=O) groups excluding carboxylic acids is 2. The molecule has 1 aliphatic carbocycles. The molecular weight excluding hydrogens is 394 g/mol. The van der Waals surface area contributed by atoms with E-state index in [2.05, 4.69) is 15.3 Å². The lowest BCUT2D eigenvalue weighted by molar-refractivity contribution is -0.116. The molecule has 4 rings (SSSR count). The first-order valence-corrected chi connectivity index (χ1v) is 9.84. The monoisotopic (exact) mass is 416 g/mol. The predicted molar refractivity (Wildman–Crippen MR) is 104 cm³/mol. The molecule has 7 nitrogen and oxygen atoms in total. The number of aromatic nitrogens is 2. The molecule has 1 aliphatic heterocycles. The molecule has 2 aliphatic rings. The second kappa shape index (κ2) is 8.33. The Hall–Kier alpha value is -3.10. The quantitative estimate of drug-likeness (QED) is 0.714. The maximum Gasteiger partial charge on any atom is 0.272 e. The Morgan fingerprint density at radius 1 is 1.37 bits per heavy atom. The topological polar surface area (TPSA) is 84.4 Å². The number of carbonyl (C=O) groups is 2. The fourth-order valence-electron chi connectivity index (χ4n) is 3.48. The highest BCUT2D eigenvalue weighted by Crippen LogP contribution is 2.33. The minimum atomic E-state index is -2.56. The summed E-state index contributed by atoms with van der Waals surface area (Å²) in [5, 5.41) is 2.84. The molecule has 2 amide bonds. The Bertz CT molecular complexity index is 979. The smallest absolute Gasteiger partial charge is 0.272 e. The average molecular weight is 416 g/mol. The molecule has 3 heterocycles. The molecular formula is C21H22F2N4O3. The Morgan fingerprint density at radius 2 is 2.17 bits per heavy atom. The van der Waals surface area contributed by atoms with Gasteiger partial charge >= 0.3 is 0 Å². The number of fused-ring (bicyclic) bond motifs is 1. The van der Waals surface area contributed by atoms with Gasteiger partial charge in [-0.15, -0.1) is 0 Å². The van der Waals surface area contributed by atoms with Crippen LogP contribution in [0, 0.1) is 12.8 Å². The number of hydrogen-bond donors (Lipinski definition) is 1. The first kappa shape index (κ1) is 20.2. The van der Waals surface area contributed by atoms with E-state index in [4.69, 9.17) is 4.74 Å². The number of aryl methyl sites for hydroxylation is 1.